The molecular formula is C10H17NO. The zero-order valence-corrected chi connectivity index (χ0v) is 7.75. The van der Waals surface area contributed by atoms with Crippen LogP contribution in [-0.2, 0) is 4.79 Å². The molecule has 1 atom stereocenters. The van der Waals surface area contributed by atoms with E-state index >= 15 is 0 Å². The van der Waals surface area contributed by atoms with E-state index in [-0.39, 0.29) is 5.91 Å². The van der Waals surface area contributed by atoms with Gasteiger partial charge in [-0.15, -0.1) is 0 Å². The molecule has 1 rings (SSSR count). The fourth-order valence-corrected chi connectivity index (χ4v) is 1.68. The summed E-state index contributed by atoms with van der Waals surface area (Å²) in [5.74, 6) is 0.844. The van der Waals surface area contributed by atoms with Crippen molar-refractivity contribution in [2.75, 3.05) is 6.54 Å². The van der Waals surface area contributed by atoms with Crippen LogP contribution >= 0.6 is 0 Å². The molecule has 0 aliphatic carbocycles. The lowest BCUT2D eigenvalue weighted by Gasteiger charge is -2.14. The molecule has 0 saturated carbocycles. The first-order chi connectivity index (χ1) is 5.77. The van der Waals surface area contributed by atoms with Crippen molar-refractivity contribution in [1.82, 2.24) is 4.90 Å². The minimum atomic E-state index is 0.245. The molecule has 0 radical (unpaired) electrons. The highest BCUT2D eigenvalue weighted by atomic mass is 16.2. The number of likely N-dealkylation sites (tertiary alicyclic amines) is 1. The zero-order valence-electron chi connectivity index (χ0n) is 7.75. The first kappa shape index (κ1) is 9.30. The van der Waals surface area contributed by atoms with Gasteiger partial charge in [0.05, 0.1) is 0 Å². The summed E-state index contributed by atoms with van der Waals surface area (Å²) in [5.41, 5.74) is 0. The fraction of sp³-hybridized carbons (Fsp3) is 0.700. The molecule has 0 aromatic heterocycles. The van der Waals surface area contributed by atoms with Crippen molar-refractivity contribution in [2.45, 2.75) is 32.6 Å². The topological polar surface area (TPSA) is 20.3 Å². The SMILES string of the molecule is C=CN1CCCC(CC)CC1=O. The van der Waals surface area contributed by atoms with Crippen molar-refractivity contribution in [2.24, 2.45) is 5.92 Å². The van der Waals surface area contributed by atoms with Gasteiger partial charge < -0.3 is 4.90 Å². The second kappa shape index (κ2) is 4.29. The Hall–Kier alpha value is -0.790. The van der Waals surface area contributed by atoms with Crippen LogP contribution in [0.5, 0.6) is 0 Å². The van der Waals surface area contributed by atoms with Gasteiger partial charge in [-0.3, -0.25) is 4.79 Å². The first-order valence-electron chi connectivity index (χ1n) is 4.70. The van der Waals surface area contributed by atoms with Gasteiger partial charge in [-0.1, -0.05) is 19.9 Å². The molecule has 2 nitrogen and oxygen atoms in total. The molecule has 1 saturated heterocycles. The predicted octanol–water partition coefficient (Wildman–Crippen LogP) is 2.17. The average molecular weight is 167 g/mol. The molecule has 0 N–H and O–H groups in total. The van der Waals surface area contributed by atoms with Gasteiger partial charge in [0.25, 0.3) is 0 Å². The Morgan fingerprint density at radius 1 is 1.75 bits per heavy atom. The Morgan fingerprint density at radius 2 is 2.50 bits per heavy atom. The molecular weight excluding hydrogens is 150 g/mol. The smallest absolute Gasteiger partial charge is 0.226 e. The number of carbonyl (C=O) groups is 1. The third-order valence-corrected chi connectivity index (χ3v) is 2.59. The molecule has 1 unspecified atom stereocenters. The number of nitrogens with zero attached hydrogens (tertiary/aromatic N) is 1. The quantitative estimate of drug-likeness (QED) is 0.617. The van der Waals surface area contributed by atoms with E-state index in [9.17, 15) is 4.79 Å². The van der Waals surface area contributed by atoms with E-state index in [4.69, 9.17) is 0 Å². The van der Waals surface area contributed by atoms with Gasteiger partial charge in [0.1, 0.15) is 0 Å². The van der Waals surface area contributed by atoms with E-state index in [0.717, 1.165) is 19.4 Å². The number of carbonyl (C=O) groups excluding carboxylic acids is 1. The summed E-state index contributed by atoms with van der Waals surface area (Å²) in [6.07, 6.45) is 5.79. The monoisotopic (exact) mass is 167 g/mol. The number of amides is 1. The summed E-state index contributed by atoms with van der Waals surface area (Å²) in [6, 6.07) is 0. The van der Waals surface area contributed by atoms with Crippen LogP contribution in [-0.4, -0.2) is 17.4 Å². The normalized spacial score (nSPS) is 25.2. The Bertz CT molecular complexity index is 177. The van der Waals surface area contributed by atoms with E-state index in [0.29, 0.717) is 12.3 Å². The van der Waals surface area contributed by atoms with Gasteiger partial charge in [0.15, 0.2) is 0 Å². The molecule has 1 amide bonds. The van der Waals surface area contributed by atoms with Crippen LogP contribution in [0.25, 0.3) is 0 Å². The van der Waals surface area contributed by atoms with E-state index in [1.807, 2.05) is 0 Å². The van der Waals surface area contributed by atoms with Crippen molar-refractivity contribution in [3.8, 4) is 0 Å². The van der Waals surface area contributed by atoms with E-state index in [1.54, 1.807) is 11.1 Å². The Kier molecular flexibility index (Phi) is 3.32. The summed E-state index contributed by atoms with van der Waals surface area (Å²) in [6.45, 7) is 6.65. The van der Waals surface area contributed by atoms with Crippen LogP contribution in [0.3, 0.4) is 0 Å². The largest absolute Gasteiger partial charge is 0.320 e. The minimum absolute atomic E-state index is 0.245. The van der Waals surface area contributed by atoms with Gasteiger partial charge in [-0.05, 0) is 25.0 Å². The summed E-state index contributed by atoms with van der Waals surface area (Å²) in [4.78, 5) is 13.2. The molecule has 68 valence electrons. The van der Waals surface area contributed by atoms with Crippen LogP contribution in [0.2, 0.25) is 0 Å². The van der Waals surface area contributed by atoms with Gasteiger partial charge in [-0.2, -0.15) is 0 Å². The van der Waals surface area contributed by atoms with Gasteiger partial charge in [0, 0.05) is 13.0 Å². The molecule has 12 heavy (non-hydrogen) atoms. The molecule has 0 bridgehead atoms. The van der Waals surface area contributed by atoms with Gasteiger partial charge >= 0.3 is 0 Å². The van der Waals surface area contributed by atoms with Crippen molar-refractivity contribution in [1.29, 1.82) is 0 Å². The lowest BCUT2D eigenvalue weighted by molar-refractivity contribution is -0.128. The maximum atomic E-state index is 11.5. The van der Waals surface area contributed by atoms with E-state index in [1.165, 1.54) is 6.42 Å². The number of hydrogen-bond donors (Lipinski definition) is 0. The van der Waals surface area contributed by atoms with Crippen LogP contribution in [0.15, 0.2) is 12.8 Å². The summed E-state index contributed by atoms with van der Waals surface area (Å²) >= 11 is 0. The number of rotatable bonds is 2. The average Bonchev–Trinajstić information content (AvgIpc) is 2.26. The van der Waals surface area contributed by atoms with Crippen molar-refractivity contribution >= 4 is 5.91 Å². The molecule has 0 spiro atoms. The van der Waals surface area contributed by atoms with E-state index in [2.05, 4.69) is 13.5 Å². The van der Waals surface area contributed by atoms with Gasteiger partial charge in [-0.25, -0.2) is 0 Å². The Morgan fingerprint density at radius 3 is 3.08 bits per heavy atom. The van der Waals surface area contributed by atoms with Crippen molar-refractivity contribution < 1.29 is 4.79 Å². The predicted molar refractivity (Wildman–Crippen MR) is 49.5 cm³/mol. The Labute approximate surface area is 74.2 Å². The second-order valence-corrected chi connectivity index (χ2v) is 3.39. The molecule has 1 heterocycles. The molecule has 0 aromatic carbocycles. The van der Waals surface area contributed by atoms with Crippen molar-refractivity contribution in [3.05, 3.63) is 12.8 Å². The molecule has 0 aromatic rings. The highest BCUT2D eigenvalue weighted by Gasteiger charge is 2.20. The molecule has 2 heteroatoms. The highest BCUT2D eigenvalue weighted by molar-refractivity contribution is 5.77. The number of hydrogen-bond acceptors (Lipinski definition) is 1. The maximum absolute atomic E-state index is 11.5. The minimum Gasteiger partial charge on any atom is -0.320 e. The third-order valence-electron chi connectivity index (χ3n) is 2.59. The third kappa shape index (κ3) is 2.10. The second-order valence-electron chi connectivity index (χ2n) is 3.39. The Balaban J connectivity index is 2.55. The maximum Gasteiger partial charge on any atom is 0.226 e. The van der Waals surface area contributed by atoms with Crippen LogP contribution in [0.4, 0.5) is 0 Å². The first-order valence-corrected chi connectivity index (χ1v) is 4.70. The van der Waals surface area contributed by atoms with Gasteiger partial charge in [0.2, 0.25) is 5.91 Å². The van der Waals surface area contributed by atoms with E-state index < -0.39 is 0 Å². The molecule has 1 aliphatic rings. The molecule has 1 fully saturated rings. The lowest BCUT2D eigenvalue weighted by Crippen LogP contribution is -2.24. The lowest BCUT2D eigenvalue weighted by atomic mass is 9.98. The summed E-state index contributed by atoms with van der Waals surface area (Å²) in [7, 11) is 0. The zero-order chi connectivity index (χ0) is 8.97. The summed E-state index contributed by atoms with van der Waals surface area (Å²) in [5, 5.41) is 0. The standard InChI is InChI=1S/C10H17NO/c1-3-9-6-5-7-11(4-2)10(12)8-9/h4,9H,2-3,5-8H2,1H3. The summed E-state index contributed by atoms with van der Waals surface area (Å²) < 4.78 is 0. The van der Waals surface area contributed by atoms with Crippen LogP contribution < -0.4 is 0 Å². The van der Waals surface area contributed by atoms with Crippen LogP contribution in [0.1, 0.15) is 32.6 Å². The van der Waals surface area contributed by atoms with Crippen molar-refractivity contribution in [3.63, 3.8) is 0 Å². The van der Waals surface area contributed by atoms with Crippen LogP contribution in [0, 0.1) is 5.92 Å². The highest BCUT2D eigenvalue weighted by Crippen LogP contribution is 2.20. The fourth-order valence-electron chi connectivity index (χ4n) is 1.68. The molecule has 1 aliphatic heterocycles.